The van der Waals surface area contributed by atoms with Crippen LogP contribution in [-0.4, -0.2) is 32.0 Å². The van der Waals surface area contributed by atoms with Gasteiger partial charge >= 0.3 is 0 Å². The zero-order valence-corrected chi connectivity index (χ0v) is 17.5. The van der Waals surface area contributed by atoms with E-state index in [1.165, 1.54) is 19.2 Å². The second kappa shape index (κ2) is 8.52. The topological polar surface area (TPSA) is 65.4 Å². The molecule has 3 aromatic rings. The quantitative estimate of drug-likeness (QED) is 0.674. The molecule has 0 aromatic heterocycles. The Morgan fingerprint density at radius 1 is 1.20 bits per heavy atom. The molecule has 0 heterocycles. The molecule has 0 aliphatic rings. The van der Waals surface area contributed by atoms with Crippen molar-refractivity contribution in [2.24, 2.45) is 0 Å². The molecule has 0 aliphatic carbocycles. The monoisotopic (exact) mass is 405 g/mol. The van der Waals surface area contributed by atoms with Crippen LogP contribution in [0.5, 0.6) is 5.75 Å². The predicted molar refractivity (Wildman–Crippen MR) is 115 cm³/mol. The van der Waals surface area contributed by atoms with E-state index in [0.29, 0.717) is 16.9 Å². The molecule has 3 rings (SSSR count). The molecule has 3 aromatic carbocycles. The van der Waals surface area contributed by atoms with Gasteiger partial charge in [0.1, 0.15) is 23.2 Å². The lowest BCUT2D eigenvalue weighted by Gasteiger charge is -2.35. The van der Waals surface area contributed by atoms with Crippen LogP contribution in [0.25, 0.3) is 10.8 Å². The lowest BCUT2D eigenvalue weighted by Crippen LogP contribution is -2.51. The molecule has 1 unspecified atom stereocenters. The average molecular weight is 405 g/mol. The van der Waals surface area contributed by atoms with E-state index in [-0.39, 0.29) is 18.3 Å². The number of nitriles is 1. The average Bonchev–Trinajstić information content (AvgIpc) is 2.76. The highest BCUT2D eigenvalue weighted by Crippen LogP contribution is 2.33. The fraction of sp³-hybridized carbons (Fsp3) is 0.250. The number of carbonyl (C=O) groups excluding carboxylic acids is 1. The second-order valence-electron chi connectivity index (χ2n) is 7.43. The van der Waals surface area contributed by atoms with Crippen LogP contribution < -0.4 is 10.1 Å². The number of nitrogens with zero attached hydrogens (tertiary/aromatic N) is 2. The normalized spacial score (nSPS) is 13.0. The van der Waals surface area contributed by atoms with Crippen LogP contribution >= 0.6 is 0 Å². The second-order valence-corrected chi connectivity index (χ2v) is 7.43. The van der Waals surface area contributed by atoms with Crippen LogP contribution in [0.15, 0.2) is 54.6 Å². The van der Waals surface area contributed by atoms with Crippen molar-refractivity contribution >= 4 is 16.7 Å². The number of ether oxygens (including phenoxy) is 1. The van der Waals surface area contributed by atoms with Gasteiger partial charge in [-0.05, 0) is 55.6 Å². The third-order valence-electron chi connectivity index (χ3n) is 5.60. The molecule has 0 saturated heterocycles. The van der Waals surface area contributed by atoms with Gasteiger partial charge in [-0.25, -0.2) is 4.39 Å². The molecular weight excluding hydrogens is 381 g/mol. The largest absolute Gasteiger partial charge is 0.495 e. The van der Waals surface area contributed by atoms with Gasteiger partial charge in [0, 0.05) is 12.1 Å². The number of benzene rings is 3. The molecule has 6 heteroatoms. The number of likely N-dealkylation sites (N-methyl/N-ethyl adjacent to an activating group) is 1. The maximum absolute atomic E-state index is 13.4. The molecule has 5 nitrogen and oxygen atoms in total. The Hall–Kier alpha value is -3.43. The Bertz CT molecular complexity index is 1120. The fourth-order valence-electron chi connectivity index (χ4n) is 3.60. The number of methoxy groups -OCH3 is 1. The minimum atomic E-state index is -1.01. The zero-order valence-electron chi connectivity index (χ0n) is 17.5. The molecular formula is C24H24FN3O2. The summed E-state index contributed by atoms with van der Waals surface area (Å²) < 4.78 is 18.9. The van der Waals surface area contributed by atoms with E-state index in [2.05, 4.69) is 11.4 Å². The first-order valence-corrected chi connectivity index (χ1v) is 9.53. The number of nitrogens with one attached hydrogen (secondary N) is 1. The van der Waals surface area contributed by atoms with E-state index < -0.39 is 5.54 Å². The maximum Gasteiger partial charge on any atom is 0.245 e. The van der Waals surface area contributed by atoms with Gasteiger partial charge in [-0.2, -0.15) is 5.26 Å². The third-order valence-corrected chi connectivity index (χ3v) is 5.60. The summed E-state index contributed by atoms with van der Waals surface area (Å²) in [5, 5.41) is 14.3. The van der Waals surface area contributed by atoms with Crippen molar-refractivity contribution in [1.29, 1.82) is 5.26 Å². The summed E-state index contributed by atoms with van der Waals surface area (Å²) in [7, 11) is 5.11. The Morgan fingerprint density at radius 3 is 2.47 bits per heavy atom. The molecule has 30 heavy (non-hydrogen) atoms. The summed E-state index contributed by atoms with van der Waals surface area (Å²) >= 11 is 0. The van der Waals surface area contributed by atoms with Gasteiger partial charge in [0.15, 0.2) is 0 Å². The van der Waals surface area contributed by atoms with Crippen molar-refractivity contribution in [2.45, 2.75) is 19.0 Å². The first kappa shape index (κ1) is 21.3. The molecule has 0 spiro atoms. The van der Waals surface area contributed by atoms with Crippen LogP contribution in [0, 0.1) is 17.1 Å². The molecule has 1 atom stereocenters. The SMILES string of the molecule is COc1c(C#N)cc2ccccc2c1CNC(=O)C(C)(c1ccc(F)cc1)N(C)C. The summed E-state index contributed by atoms with van der Waals surface area (Å²) in [4.78, 5) is 15.1. The Labute approximate surface area is 175 Å². The molecule has 154 valence electrons. The first-order chi connectivity index (χ1) is 14.3. The lowest BCUT2D eigenvalue weighted by molar-refractivity contribution is -0.131. The van der Waals surface area contributed by atoms with Crippen molar-refractivity contribution in [1.82, 2.24) is 10.2 Å². The van der Waals surface area contributed by atoms with E-state index in [9.17, 15) is 14.4 Å². The number of hydrogen-bond donors (Lipinski definition) is 1. The van der Waals surface area contributed by atoms with Gasteiger partial charge in [-0.3, -0.25) is 9.69 Å². The number of amides is 1. The van der Waals surface area contributed by atoms with Crippen LogP contribution in [0.1, 0.15) is 23.6 Å². The molecule has 1 amide bonds. The van der Waals surface area contributed by atoms with Crippen molar-refractivity contribution in [3.8, 4) is 11.8 Å². The Morgan fingerprint density at radius 2 is 1.87 bits per heavy atom. The minimum Gasteiger partial charge on any atom is -0.495 e. The van der Waals surface area contributed by atoms with E-state index in [4.69, 9.17) is 4.74 Å². The van der Waals surface area contributed by atoms with Gasteiger partial charge in [0.2, 0.25) is 5.91 Å². The standard InChI is InChI=1S/C24H24FN3O2/c1-24(28(2)3,18-9-11-19(25)12-10-18)23(29)27-15-21-20-8-6-5-7-16(20)13-17(14-26)22(21)30-4/h5-13H,15H2,1-4H3,(H,27,29). The summed E-state index contributed by atoms with van der Waals surface area (Å²) in [5.41, 5.74) is 0.813. The first-order valence-electron chi connectivity index (χ1n) is 9.53. The summed E-state index contributed by atoms with van der Waals surface area (Å²) in [6.45, 7) is 1.97. The predicted octanol–water partition coefficient (Wildman–Crippen LogP) is 3.95. The van der Waals surface area contributed by atoms with Crippen LogP contribution in [-0.2, 0) is 16.9 Å². The van der Waals surface area contributed by atoms with Crippen molar-refractivity contribution in [2.75, 3.05) is 21.2 Å². The molecule has 0 bridgehead atoms. The number of rotatable bonds is 6. The van der Waals surface area contributed by atoms with Gasteiger partial charge < -0.3 is 10.1 Å². The van der Waals surface area contributed by atoms with Crippen molar-refractivity contribution in [3.63, 3.8) is 0 Å². The number of hydrogen-bond acceptors (Lipinski definition) is 4. The number of halogens is 1. The molecule has 0 aliphatic heterocycles. The van der Waals surface area contributed by atoms with E-state index >= 15 is 0 Å². The van der Waals surface area contributed by atoms with E-state index in [1.54, 1.807) is 44.1 Å². The highest BCUT2D eigenvalue weighted by Gasteiger charge is 2.37. The molecule has 0 saturated carbocycles. The van der Waals surface area contributed by atoms with Crippen molar-refractivity contribution < 1.29 is 13.9 Å². The van der Waals surface area contributed by atoms with E-state index in [1.807, 2.05) is 24.3 Å². The summed E-state index contributed by atoms with van der Waals surface area (Å²) in [6.07, 6.45) is 0. The minimum absolute atomic E-state index is 0.183. The lowest BCUT2D eigenvalue weighted by atomic mass is 9.89. The molecule has 0 fully saturated rings. The van der Waals surface area contributed by atoms with E-state index in [0.717, 1.165) is 16.3 Å². The van der Waals surface area contributed by atoms with Crippen LogP contribution in [0.2, 0.25) is 0 Å². The van der Waals surface area contributed by atoms with Crippen LogP contribution in [0.3, 0.4) is 0 Å². The van der Waals surface area contributed by atoms with Gasteiger partial charge in [0.25, 0.3) is 0 Å². The zero-order chi connectivity index (χ0) is 21.9. The third kappa shape index (κ3) is 3.72. The van der Waals surface area contributed by atoms with Gasteiger partial charge in [-0.1, -0.05) is 36.4 Å². The molecule has 0 radical (unpaired) electrons. The smallest absolute Gasteiger partial charge is 0.245 e. The summed E-state index contributed by atoms with van der Waals surface area (Å²) in [6, 6.07) is 17.5. The number of carbonyl (C=O) groups is 1. The Balaban J connectivity index is 1.99. The number of fused-ring (bicyclic) bond motifs is 1. The van der Waals surface area contributed by atoms with Crippen LogP contribution in [0.4, 0.5) is 4.39 Å². The summed E-state index contributed by atoms with van der Waals surface area (Å²) in [5.74, 6) is -0.151. The highest BCUT2D eigenvalue weighted by atomic mass is 19.1. The maximum atomic E-state index is 13.4. The van der Waals surface area contributed by atoms with Gasteiger partial charge in [0.05, 0.1) is 12.7 Å². The van der Waals surface area contributed by atoms with Gasteiger partial charge in [-0.15, -0.1) is 0 Å². The molecule has 1 N–H and O–H groups in total. The Kier molecular flexibility index (Phi) is 6.04. The van der Waals surface area contributed by atoms with Crippen molar-refractivity contribution in [3.05, 3.63) is 77.1 Å². The fourth-order valence-corrected chi connectivity index (χ4v) is 3.60. The highest BCUT2D eigenvalue weighted by molar-refractivity contribution is 5.91.